The Morgan fingerprint density at radius 2 is 1.17 bits per heavy atom. The molecule has 0 spiro atoms. The number of hydrogen-bond acceptors (Lipinski definition) is 5. The van der Waals surface area contributed by atoms with Gasteiger partial charge < -0.3 is 5.61 Å². The van der Waals surface area contributed by atoms with Crippen LogP contribution < -0.4 is 29.6 Å². The van der Waals surface area contributed by atoms with Crippen molar-refractivity contribution >= 4 is 16.4 Å². The molecule has 0 radical (unpaired) electrons. The summed E-state index contributed by atoms with van der Waals surface area (Å²) in [5.74, 6) is -0.741. The molecule has 0 aliphatic heterocycles. The van der Waals surface area contributed by atoms with Gasteiger partial charge in [0.25, 0.3) is 0 Å². The van der Waals surface area contributed by atoms with Gasteiger partial charge in [0.15, 0.2) is 0 Å². The normalized spacial score (nSPS) is 11.1. The standard InChI is InChI=1S/C17H34O5S.Na.H/c1-3-4-5-6-7-8-9-10-11-12-13-14-15-16-17(18)22-23(19,20)21-2;;/h3-16H2,1-2H3;;/q;+1;-1. The summed E-state index contributed by atoms with van der Waals surface area (Å²) in [6, 6.07) is 0. The molecule has 0 bridgehead atoms. The van der Waals surface area contributed by atoms with E-state index in [1.165, 1.54) is 64.2 Å². The van der Waals surface area contributed by atoms with Crippen LogP contribution in [0.2, 0.25) is 0 Å². The van der Waals surface area contributed by atoms with Crippen LogP contribution in [-0.4, -0.2) is 21.5 Å². The Labute approximate surface area is 172 Å². The molecule has 0 fully saturated rings. The summed E-state index contributed by atoms with van der Waals surface area (Å²) < 4.78 is 30.0. The fourth-order valence-corrected chi connectivity index (χ4v) is 2.86. The van der Waals surface area contributed by atoms with Crippen molar-refractivity contribution in [2.75, 3.05) is 7.11 Å². The van der Waals surface area contributed by atoms with E-state index in [9.17, 15) is 13.2 Å². The Balaban J connectivity index is -0.00000242. The maximum atomic E-state index is 11.2. The van der Waals surface area contributed by atoms with Crippen molar-refractivity contribution in [3.8, 4) is 0 Å². The molecule has 0 aliphatic rings. The van der Waals surface area contributed by atoms with Crippen molar-refractivity contribution < 1.29 is 52.6 Å². The maximum Gasteiger partial charge on any atom is 1.00 e. The minimum absolute atomic E-state index is 0. The van der Waals surface area contributed by atoms with Crippen LogP contribution in [0.15, 0.2) is 0 Å². The predicted molar refractivity (Wildman–Crippen MR) is 93.4 cm³/mol. The first-order valence-electron chi connectivity index (χ1n) is 9.04. The van der Waals surface area contributed by atoms with E-state index in [1.54, 1.807) is 0 Å². The largest absolute Gasteiger partial charge is 1.00 e. The molecule has 140 valence electrons. The molecule has 0 amide bonds. The molecule has 0 saturated carbocycles. The van der Waals surface area contributed by atoms with Crippen LogP contribution >= 0.6 is 0 Å². The second-order valence-corrected chi connectivity index (χ2v) is 7.34. The molecule has 0 N–H and O–H groups in total. The van der Waals surface area contributed by atoms with Gasteiger partial charge in [-0.15, -0.1) is 0 Å². The van der Waals surface area contributed by atoms with Gasteiger partial charge in [-0.1, -0.05) is 84.0 Å². The van der Waals surface area contributed by atoms with E-state index in [-0.39, 0.29) is 37.4 Å². The Bertz CT molecular complexity index is 390. The number of unbranched alkanes of at least 4 members (excludes halogenated alkanes) is 12. The fraction of sp³-hybridized carbons (Fsp3) is 0.941. The third kappa shape index (κ3) is 18.7. The van der Waals surface area contributed by atoms with Gasteiger partial charge in [0.05, 0.1) is 7.11 Å². The van der Waals surface area contributed by atoms with Crippen molar-refractivity contribution in [3.63, 3.8) is 0 Å². The zero-order chi connectivity index (χ0) is 17.4. The van der Waals surface area contributed by atoms with Crippen molar-refractivity contribution in [1.82, 2.24) is 0 Å². The first-order valence-corrected chi connectivity index (χ1v) is 10.4. The summed E-state index contributed by atoms with van der Waals surface area (Å²) in [5.41, 5.74) is 0. The molecule has 24 heavy (non-hydrogen) atoms. The number of hydrogen-bond donors (Lipinski definition) is 0. The van der Waals surface area contributed by atoms with Gasteiger partial charge in [0.1, 0.15) is 0 Å². The number of carbonyl (C=O) groups is 1. The van der Waals surface area contributed by atoms with Crippen molar-refractivity contribution in [1.29, 1.82) is 0 Å². The Kier molecular flexibility index (Phi) is 20.2. The SMILES string of the molecule is CCCCCCCCCCCCCCCC(=O)OS(=O)(=O)OC.[H-].[Na+]. The third-order valence-electron chi connectivity index (χ3n) is 3.88. The molecule has 0 aromatic heterocycles. The van der Waals surface area contributed by atoms with Crippen LogP contribution in [-0.2, 0) is 23.6 Å². The van der Waals surface area contributed by atoms with E-state index in [0.717, 1.165) is 20.0 Å². The molecule has 0 atom stereocenters. The minimum atomic E-state index is -4.14. The summed E-state index contributed by atoms with van der Waals surface area (Å²) in [4.78, 5) is 11.2. The van der Waals surface area contributed by atoms with E-state index < -0.39 is 16.4 Å². The maximum absolute atomic E-state index is 11.2. The van der Waals surface area contributed by atoms with Gasteiger partial charge in [0.2, 0.25) is 0 Å². The molecule has 0 aromatic rings. The van der Waals surface area contributed by atoms with Crippen LogP contribution in [0.25, 0.3) is 0 Å². The zero-order valence-corrected chi connectivity index (χ0v) is 18.7. The van der Waals surface area contributed by atoms with E-state index in [1.807, 2.05) is 0 Å². The van der Waals surface area contributed by atoms with Crippen LogP contribution in [0.3, 0.4) is 0 Å². The summed E-state index contributed by atoms with van der Waals surface area (Å²) in [6.45, 7) is 2.24. The first-order chi connectivity index (χ1) is 11.0. The van der Waals surface area contributed by atoms with Gasteiger partial charge >= 0.3 is 45.9 Å². The molecule has 5 nitrogen and oxygen atoms in total. The molecule has 0 heterocycles. The van der Waals surface area contributed by atoms with E-state index in [4.69, 9.17) is 0 Å². The molecule has 0 aliphatic carbocycles. The summed E-state index contributed by atoms with van der Waals surface area (Å²) in [7, 11) is -3.17. The van der Waals surface area contributed by atoms with Crippen molar-refractivity contribution in [2.24, 2.45) is 0 Å². The van der Waals surface area contributed by atoms with Crippen LogP contribution in [0.4, 0.5) is 0 Å². The molecule has 0 rings (SSSR count). The second-order valence-electron chi connectivity index (χ2n) is 6.02. The van der Waals surface area contributed by atoms with E-state index in [0.29, 0.717) is 6.42 Å². The number of carbonyl (C=O) groups excluding carboxylic acids is 1. The molecule has 0 unspecified atom stereocenters. The van der Waals surface area contributed by atoms with E-state index in [2.05, 4.69) is 15.3 Å². The van der Waals surface area contributed by atoms with Gasteiger partial charge in [-0.2, -0.15) is 8.42 Å². The Hall–Kier alpha value is 0.380. The quantitative estimate of drug-likeness (QED) is 0.305. The summed E-state index contributed by atoms with van der Waals surface area (Å²) >= 11 is 0. The van der Waals surface area contributed by atoms with Gasteiger partial charge in [0, 0.05) is 6.42 Å². The predicted octanol–water partition coefficient (Wildman–Crippen LogP) is 2.02. The molecular weight excluding hydrogens is 339 g/mol. The monoisotopic (exact) mass is 374 g/mol. The van der Waals surface area contributed by atoms with Crippen LogP contribution in [0.5, 0.6) is 0 Å². The van der Waals surface area contributed by atoms with Gasteiger partial charge in [-0.3, -0.25) is 4.79 Å². The first kappa shape index (κ1) is 26.6. The second kappa shape index (κ2) is 18.2. The number of rotatable bonds is 16. The summed E-state index contributed by atoms with van der Waals surface area (Å²) in [5, 5.41) is 0. The topological polar surface area (TPSA) is 69.7 Å². The molecule has 0 saturated heterocycles. The molecule has 0 aromatic carbocycles. The van der Waals surface area contributed by atoms with Gasteiger partial charge in [-0.25, -0.2) is 4.18 Å². The van der Waals surface area contributed by atoms with Gasteiger partial charge in [-0.05, 0) is 6.42 Å². The summed E-state index contributed by atoms with van der Waals surface area (Å²) in [6.07, 6.45) is 16.0. The fourth-order valence-electron chi connectivity index (χ4n) is 2.48. The van der Waals surface area contributed by atoms with Crippen molar-refractivity contribution in [2.45, 2.75) is 96.8 Å². The van der Waals surface area contributed by atoms with Crippen LogP contribution in [0.1, 0.15) is 98.2 Å². The van der Waals surface area contributed by atoms with Crippen LogP contribution in [0, 0.1) is 0 Å². The average Bonchev–Trinajstić information content (AvgIpc) is 2.51. The Morgan fingerprint density at radius 3 is 1.54 bits per heavy atom. The average molecular weight is 375 g/mol. The molecular formula is C17H35NaO5S. The zero-order valence-electron chi connectivity index (χ0n) is 16.8. The smallest absolute Gasteiger partial charge is 1.00 e. The Morgan fingerprint density at radius 1 is 0.792 bits per heavy atom. The molecule has 7 heteroatoms. The minimum Gasteiger partial charge on any atom is -1.00 e. The van der Waals surface area contributed by atoms with E-state index >= 15 is 0 Å². The third-order valence-corrected chi connectivity index (χ3v) is 4.68. The van der Waals surface area contributed by atoms with Crippen molar-refractivity contribution in [3.05, 3.63) is 0 Å².